The Morgan fingerprint density at radius 3 is 2.24 bits per heavy atom. The molecule has 0 amide bonds. The van der Waals surface area contributed by atoms with E-state index in [4.69, 9.17) is 14.2 Å². The maximum atomic E-state index is 12.3. The number of ether oxygens (including phenoxy) is 3. The number of rotatable bonds is 5. The highest BCUT2D eigenvalue weighted by Crippen LogP contribution is 2.28. The Hall–Kier alpha value is -3.41. The zero-order valence-corrected chi connectivity index (χ0v) is 13.8. The zero-order valence-electron chi connectivity index (χ0n) is 13.8. The number of methoxy groups -OCH3 is 2. The third-order valence-corrected chi connectivity index (χ3v) is 3.53. The molecule has 6 heteroatoms. The van der Waals surface area contributed by atoms with Crippen molar-refractivity contribution in [2.45, 2.75) is 0 Å². The monoisotopic (exact) mass is 336 g/mol. The second-order valence-electron chi connectivity index (χ2n) is 5.08. The van der Waals surface area contributed by atoms with Crippen LogP contribution in [0.1, 0.15) is 10.4 Å². The van der Waals surface area contributed by atoms with Gasteiger partial charge in [0.2, 0.25) is 5.88 Å². The fourth-order valence-corrected chi connectivity index (χ4v) is 2.25. The highest BCUT2D eigenvalue weighted by Gasteiger charge is 2.14. The van der Waals surface area contributed by atoms with Gasteiger partial charge in [-0.05, 0) is 24.3 Å². The third-order valence-electron chi connectivity index (χ3n) is 3.53. The standard InChI is InChI=1S/C19H16N2O4/c1-23-16-10-8-14(12-17(16)24-2)19(22)25-18-11-9-15(20-21-18)13-6-4-3-5-7-13/h3-12H,1-2H3. The summed E-state index contributed by atoms with van der Waals surface area (Å²) in [4.78, 5) is 12.3. The summed E-state index contributed by atoms with van der Waals surface area (Å²) < 4.78 is 15.6. The topological polar surface area (TPSA) is 70.5 Å². The Balaban J connectivity index is 1.75. The van der Waals surface area contributed by atoms with Crippen LogP contribution in [0.5, 0.6) is 17.4 Å². The van der Waals surface area contributed by atoms with Crippen LogP contribution in [0.4, 0.5) is 0 Å². The van der Waals surface area contributed by atoms with Crippen LogP contribution >= 0.6 is 0 Å². The van der Waals surface area contributed by atoms with Gasteiger partial charge in [-0.1, -0.05) is 30.3 Å². The molecule has 0 fully saturated rings. The highest BCUT2D eigenvalue weighted by atomic mass is 16.5. The lowest BCUT2D eigenvalue weighted by molar-refractivity contribution is 0.0725. The van der Waals surface area contributed by atoms with E-state index in [9.17, 15) is 4.79 Å². The lowest BCUT2D eigenvalue weighted by Gasteiger charge is -2.09. The largest absolute Gasteiger partial charge is 0.493 e. The molecular weight excluding hydrogens is 320 g/mol. The van der Waals surface area contributed by atoms with E-state index in [0.29, 0.717) is 22.8 Å². The predicted molar refractivity (Wildman–Crippen MR) is 92.0 cm³/mol. The minimum atomic E-state index is -0.553. The van der Waals surface area contributed by atoms with Crippen LogP contribution in [0, 0.1) is 0 Å². The molecule has 0 bridgehead atoms. The van der Waals surface area contributed by atoms with E-state index in [2.05, 4.69) is 10.2 Å². The van der Waals surface area contributed by atoms with Crippen LogP contribution in [0.3, 0.4) is 0 Å². The van der Waals surface area contributed by atoms with E-state index in [1.54, 1.807) is 30.3 Å². The van der Waals surface area contributed by atoms with Crippen molar-refractivity contribution in [3.63, 3.8) is 0 Å². The molecule has 2 aromatic carbocycles. The quantitative estimate of drug-likeness (QED) is 0.665. The number of carbonyl (C=O) groups excluding carboxylic acids is 1. The van der Waals surface area contributed by atoms with Crippen molar-refractivity contribution in [3.8, 4) is 28.6 Å². The van der Waals surface area contributed by atoms with Gasteiger partial charge in [0, 0.05) is 11.6 Å². The van der Waals surface area contributed by atoms with E-state index < -0.39 is 5.97 Å². The van der Waals surface area contributed by atoms with Crippen molar-refractivity contribution in [2.24, 2.45) is 0 Å². The first kappa shape index (κ1) is 16.4. The average Bonchev–Trinajstić information content (AvgIpc) is 2.68. The Kier molecular flexibility index (Phi) is 4.89. The van der Waals surface area contributed by atoms with Crippen LogP contribution < -0.4 is 14.2 Å². The number of hydrogen-bond donors (Lipinski definition) is 0. The minimum absolute atomic E-state index is 0.125. The first-order valence-corrected chi connectivity index (χ1v) is 7.54. The van der Waals surface area contributed by atoms with Crippen LogP contribution in [-0.4, -0.2) is 30.4 Å². The molecule has 126 valence electrons. The van der Waals surface area contributed by atoms with E-state index >= 15 is 0 Å². The van der Waals surface area contributed by atoms with Crippen LogP contribution in [0.2, 0.25) is 0 Å². The van der Waals surface area contributed by atoms with Gasteiger partial charge >= 0.3 is 5.97 Å². The number of benzene rings is 2. The Labute approximate surface area is 145 Å². The molecule has 0 atom stereocenters. The Morgan fingerprint density at radius 2 is 1.60 bits per heavy atom. The summed E-state index contributed by atoms with van der Waals surface area (Å²) in [5.74, 6) is 0.552. The van der Waals surface area contributed by atoms with Gasteiger partial charge in [-0.2, -0.15) is 0 Å². The molecule has 3 aromatic rings. The first-order chi connectivity index (χ1) is 12.2. The molecule has 0 saturated heterocycles. The summed E-state index contributed by atoms with van der Waals surface area (Å²) >= 11 is 0. The molecule has 0 radical (unpaired) electrons. The molecule has 0 aliphatic carbocycles. The summed E-state index contributed by atoms with van der Waals surface area (Å²) in [5, 5.41) is 8.03. The number of nitrogens with zero attached hydrogens (tertiary/aromatic N) is 2. The summed E-state index contributed by atoms with van der Waals surface area (Å²) in [6.07, 6.45) is 0. The van der Waals surface area contributed by atoms with Crippen molar-refractivity contribution in [1.82, 2.24) is 10.2 Å². The van der Waals surface area contributed by atoms with Crippen LogP contribution in [0.15, 0.2) is 60.7 Å². The fourth-order valence-electron chi connectivity index (χ4n) is 2.25. The molecule has 0 aliphatic heterocycles. The van der Waals surface area contributed by atoms with Crippen molar-refractivity contribution < 1.29 is 19.0 Å². The second-order valence-corrected chi connectivity index (χ2v) is 5.08. The summed E-state index contributed by atoms with van der Waals surface area (Å²) in [6, 6.07) is 17.8. The third kappa shape index (κ3) is 3.74. The predicted octanol–water partition coefficient (Wildman–Crippen LogP) is 3.38. The van der Waals surface area contributed by atoms with Crippen molar-refractivity contribution in [3.05, 3.63) is 66.2 Å². The molecule has 3 rings (SSSR count). The molecule has 0 spiro atoms. The molecular formula is C19H16N2O4. The van der Waals surface area contributed by atoms with Gasteiger partial charge in [0.05, 0.1) is 25.5 Å². The Bertz CT molecular complexity index is 864. The van der Waals surface area contributed by atoms with Gasteiger partial charge in [-0.3, -0.25) is 0 Å². The van der Waals surface area contributed by atoms with Crippen molar-refractivity contribution >= 4 is 5.97 Å². The van der Waals surface area contributed by atoms with Gasteiger partial charge in [0.1, 0.15) is 0 Å². The summed E-state index contributed by atoms with van der Waals surface area (Å²) in [6.45, 7) is 0. The Morgan fingerprint density at radius 1 is 0.840 bits per heavy atom. The smallest absolute Gasteiger partial charge is 0.345 e. The van der Waals surface area contributed by atoms with E-state index in [1.807, 2.05) is 30.3 Å². The molecule has 0 N–H and O–H groups in total. The molecule has 0 aliphatic rings. The molecule has 25 heavy (non-hydrogen) atoms. The first-order valence-electron chi connectivity index (χ1n) is 7.54. The van der Waals surface area contributed by atoms with Crippen molar-refractivity contribution in [1.29, 1.82) is 0 Å². The van der Waals surface area contributed by atoms with Crippen LogP contribution in [-0.2, 0) is 0 Å². The number of hydrogen-bond acceptors (Lipinski definition) is 6. The summed E-state index contributed by atoms with van der Waals surface area (Å²) in [7, 11) is 3.03. The maximum absolute atomic E-state index is 12.3. The number of carbonyl (C=O) groups is 1. The average molecular weight is 336 g/mol. The molecule has 1 heterocycles. The zero-order chi connectivity index (χ0) is 17.6. The normalized spacial score (nSPS) is 10.2. The molecule has 6 nitrogen and oxygen atoms in total. The van der Waals surface area contributed by atoms with Crippen LogP contribution in [0.25, 0.3) is 11.3 Å². The second kappa shape index (κ2) is 7.44. The highest BCUT2D eigenvalue weighted by molar-refractivity contribution is 5.91. The van der Waals surface area contributed by atoms with Gasteiger partial charge < -0.3 is 14.2 Å². The van der Waals surface area contributed by atoms with E-state index in [1.165, 1.54) is 14.2 Å². The van der Waals surface area contributed by atoms with E-state index in [-0.39, 0.29) is 5.88 Å². The van der Waals surface area contributed by atoms with E-state index in [0.717, 1.165) is 5.56 Å². The molecule has 0 saturated carbocycles. The number of aromatic nitrogens is 2. The lowest BCUT2D eigenvalue weighted by atomic mass is 10.1. The fraction of sp³-hybridized carbons (Fsp3) is 0.105. The van der Waals surface area contributed by atoms with Gasteiger partial charge in [-0.15, -0.1) is 10.2 Å². The van der Waals surface area contributed by atoms with Gasteiger partial charge in [0.15, 0.2) is 11.5 Å². The summed E-state index contributed by atoms with van der Waals surface area (Å²) in [5.41, 5.74) is 1.96. The van der Waals surface area contributed by atoms with Gasteiger partial charge in [-0.25, -0.2) is 4.79 Å². The maximum Gasteiger partial charge on any atom is 0.345 e. The molecule has 1 aromatic heterocycles. The number of esters is 1. The minimum Gasteiger partial charge on any atom is -0.493 e. The van der Waals surface area contributed by atoms with Gasteiger partial charge in [0.25, 0.3) is 0 Å². The molecule has 0 unspecified atom stereocenters. The van der Waals surface area contributed by atoms with Crippen molar-refractivity contribution in [2.75, 3.05) is 14.2 Å². The lowest BCUT2D eigenvalue weighted by Crippen LogP contribution is -2.10. The SMILES string of the molecule is COc1ccc(C(=O)Oc2ccc(-c3ccccc3)nn2)cc1OC.